The van der Waals surface area contributed by atoms with Crippen molar-refractivity contribution >= 4 is 32.3 Å². The Balaban J connectivity index is 1.83. The van der Waals surface area contributed by atoms with Crippen molar-refractivity contribution in [2.75, 3.05) is 0 Å². The minimum Gasteiger partial charge on any atom is -0.265 e. The Bertz CT molecular complexity index is 1460. The molecule has 0 amide bonds. The molecule has 0 radical (unpaired) electrons. The number of pyridine rings is 1. The van der Waals surface area contributed by atoms with Crippen molar-refractivity contribution in [3.05, 3.63) is 103 Å². The van der Waals surface area contributed by atoms with Gasteiger partial charge in [-0.05, 0) is 79.7 Å². The van der Waals surface area contributed by atoms with E-state index in [1.54, 1.807) is 0 Å². The summed E-state index contributed by atoms with van der Waals surface area (Å²) in [5, 5.41) is 7.90. The van der Waals surface area contributed by atoms with Crippen LogP contribution in [0.25, 0.3) is 54.6 Å². The lowest BCUT2D eigenvalue weighted by molar-refractivity contribution is 1.33. The molecule has 0 N–H and O–H groups in total. The third-order valence-electron chi connectivity index (χ3n) is 6.00. The fraction of sp³-hybridized carbons (Fsp3) is 0.0357. The van der Waals surface area contributed by atoms with E-state index in [0.29, 0.717) is 0 Å². The molecule has 6 aromatic rings. The van der Waals surface area contributed by atoms with E-state index >= 15 is 0 Å². The maximum absolute atomic E-state index is 4.22. The number of hydrogen-bond acceptors (Lipinski definition) is 1. The number of aryl methyl sites for hydroxylation is 1. The largest absolute Gasteiger partial charge is 0.265 e. The average Bonchev–Trinajstić information content (AvgIpc) is 2.78. The zero-order chi connectivity index (χ0) is 19.4. The highest BCUT2D eigenvalue weighted by Gasteiger charge is 2.16. The highest BCUT2D eigenvalue weighted by Crippen LogP contribution is 2.43. The van der Waals surface area contributed by atoms with E-state index in [1.807, 2.05) is 12.4 Å². The van der Waals surface area contributed by atoms with Gasteiger partial charge in [0.2, 0.25) is 0 Å². The summed E-state index contributed by atoms with van der Waals surface area (Å²) in [7, 11) is 0. The van der Waals surface area contributed by atoms with Gasteiger partial charge in [0.25, 0.3) is 0 Å². The zero-order valence-electron chi connectivity index (χ0n) is 16.2. The number of aromatic nitrogens is 1. The topological polar surface area (TPSA) is 12.9 Å². The zero-order valence-corrected chi connectivity index (χ0v) is 16.2. The Morgan fingerprint density at radius 1 is 0.552 bits per heavy atom. The van der Waals surface area contributed by atoms with Crippen LogP contribution < -0.4 is 0 Å². The third-order valence-corrected chi connectivity index (χ3v) is 6.00. The fourth-order valence-corrected chi connectivity index (χ4v) is 4.57. The second kappa shape index (κ2) is 6.15. The van der Waals surface area contributed by atoms with Gasteiger partial charge in [-0.2, -0.15) is 0 Å². The molecule has 0 aliphatic heterocycles. The van der Waals surface area contributed by atoms with Gasteiger partial charge in [0, 0.05) is 12.4 Å². The van der Waals surface area contributed by atoms with Crippen molar-refractivity contribution in [1.82, 2.24) is 4.98 Å². The smallest absolute Gasteiger partial charge is 0.0273 e. The molecule has 0 unspecified atom stereocenters. The number of benzene rings is 5. The fourth-order valence-electron chi connectivity index (χ4n) is 4.57. The second-order valence-electron chi connectivity index (χ2n) is 7.75. The molecule has 1 aromatic heterocycles. The molecular formula is C28H19N. The predicted molar refractivity (Wildman–Crippen MR) is 124 cm³/mol. The Kier molecular flexibility index (Phi) is 3.45. The van der Waals surface area contributed by atoms with Crippen LogP contribution in [0, 0.1) is 6.92 Å². The first-order valence-electron chi connectivity index (χ1n) is 9.97. The first-order valence-corrected chi connectivity index (χ1v) is 9.97. The second-order valence-corrected chi connectivity index (χ2v) is 7.75. The summed E-state index contributed by atoms with van der Waals surface area (Å²) in [5.41, 5.74) is 6.27. The normalized spacial score (nSPS) is 11.6. The first kappa shape index (κ1) is 16.3. The van der Waals surface area contributed by atoms with E-state index < -0.39 is 0 Å². The van der Waals surface area contributed by atoms with Crippen LogP contribution in [-0.4, -0.2) is 4.98 Å². The number of hydrogen-bond donors (Lipinski definition) is 0. The lowest BCUT2D eigenvalue weighted by Crippen LogP contribution is -1.91. The van der Waals surface area contributed by atoms with E-state index in [4.69, 9.17) is 0 Å². The minimum absolute atomic E-state index is 1.20. The van der Waals surface area contributed by atoms with Gasteiger partial charge in [-0.25, -0.2) is 0 Å². The SMILES string of the molecule is Cc1ccc(-c2cc(-c3ccncc3)c3ccc4cccc5ccc2c3c45)cc1. The summed E-state index contributed by atoms with van der Waals surface area (Å²) in [6, 6.07) is 31.1. The standard InChI is InChI=1S/C28H19N/c1-18-5-7-19(8-6-18)25-17-26(20-13-15-29-16-14-20)24-12-10-22-4-2-3-21-9-11-23(25)28(24)27(21)22/h2-17H,1H3. The van der Waals surface area contributed by atoms with Crippen LogP contribution in [0.5, 0.6) is 0 Å². The van der Waals surface area contributed by atoms with Crippen molar-refractivity contribution in [2.45, 2.75) is 6.92 Å². The highest BCUT2D eigenvalue weighted by molar-refractivity contribution is 6.28. The molecule has 0 aliphatic rings. The van der Waals surface area contributed by atoms with Crippen molar-refractivity contribution in [2.24, 2.45) is 0 Å². The molecule has 0 bridgehead atoms. The van der Waals surface area contributed by atoms with Gasteiger partial charge in [-0.15, -0.1) is 0 Å². The van der Waals surface area contributed by atoms with Gasteiger partial charge in [0.1, 0.15) is 0 Å². The van der Waals surface area contributed by atoms with Crippen molar-refractivity contribution in [3.8, 4) is 22.3 Å². The summed E-state index contributed by atoms with van der Waals surface area (Å²) >= 11 is 0. The van der Waals surface area contributed by atoms with Crippen molar-refractivity contribution in [3.63, 3.8) is 0 Å². The van der Waals surface area contributed by atoms with Crippen LogP contribution in [0.3, 0.4) is 0 Å². The Labute approximate surface area is 169 Å². The Morgan fingerprint density at radius 3 is 1.76 bits per heavy atom. The molecule has 29 heavy (non-hydrogen) atoms. The molecule has 0 saturated carbocycles. The average molecular weight is 369 g/mol. The molecule has 0 aliphatic carbocycles. The van der Waals surface area contributed by atoms with Gasteiger partial charge < -0.3 is 0 Å². The summed E-state index contributed by atoms with van der Waals surface area (Å²) in [5.74, 6) is 0. The quantitative estimate of drug-likeness (QED) is 0.286. The molecular weight excluding hydrogens is 350 g/mol. The predicted octanol–water partition coefficient (Wildman–Crippen LogP) is 7.62. The van der Waals surface area contributed by atoms with E-state index in [2.05, 4.69) is 96.8 Å². The summed E-state index contributed by atoms with van der Waals surface area (Å²) in [6.07, 6.45) is 3.75. The molecule has 0 saturated heterocycles. The summed E-state index contributed by atoms with van der Waals surface area (Å²) < 4.78 is 0. The van der Waals surface area contributed by atoms with Crippen LogP contribution in [0.15, 0.2) is 97.3 Å². The molecule has 136 valence electrons. The van der Waals surface area contributed by atoms with Crippen LogP contribution >= 0.6 is 0 Å². The Hall–Kier alpha value is -3.71. The minimum atomic E-state index is 1.20. The van der Waals surface area contributed by atoms with E-state index in [9.17, 15) is 0 Å². The lowest BCUT2D eigenvalue weighted by Gasteiger charge is -2.18. The van der Waals surface area contributed by atoms with Crippen LogP contribution in [0.2, 0.25) is 0 Å². The van der Waals surface area contributed by atoms with E-state index in [-0.39, 0.29) is 0 Å². The maximum Gasteiger partial charge on any atom is 0.0273 e. The monoisotopic (exact) mass is 369 g/mol. The maximum atomic E-state index is 4.22. The molecule has 1 heteroatoms. The van der Waals surface area contributed by atoms with Gasteiger partial charge in [-0.1, -0.05) is 72.3 Å². The number of rotatable bonds is 2. The summed E-state index contributed by atoms with van der Waals surface area (Å²) in [4.78, 5) is 4.22. The van der Waals surface area contributed by atoms with Crippen LogP contribution in [0.1, 0.15) is 5.56 Å². The van der Waals surface area contributed by atoms with Crippen molar-refractivity contribution in [1.29, 1.82) is 0 Å². The molecule has 1 nitrogen and oxygen atoms in total. The van der Waals surface area contributed by atoms with Gasteiger partial charge >= 0.3 is 0 Å². The molecule has 1 heterocycles. The third kappa shape index (κ3) is 2.44. The molecule has 6 rings (SSSR count). The lowest BCUT2D eigenvalue weighted by atomic mass is 9.86. The molecule has 5 aromatic carbocycles. The molecule has 0 fully saturated rings. The Morgan fingerprint density at radius 2 is 1.14 bits per heavy atom. The highest BCUT2D eigenvalue weighted by atomic mass is 14.6. The van der Waals surface area contributed by atoms with E-state index in [1.165, 1.54) is 60.1 Å². The molecule has 0 atom stereocenters. The number of nitrogens with zero attached hydrogens (tertiary/aromatic N) is 1. The van der Waals surface area contributed by atoms with E-state index in [0.717, 1.165) is 0 Å². The van der Waals surface area contributed by atoms with Crippen LogP contribution in [0.4, 0.5) is 0 Å². The van der Waals surface area contributed by atoms with Gasteiger partial charge in [0.15, 0.2) is 0 Å². The summed E-state index contributed by atoms with van der Waals surface area (Å²) in [6.45, 7) is 2.14. The van der Waals surface area contributed by atoms with Gasteiger partial charge in [0.05, 0.1) is 0 Å². The van der Waals surface area contributed by atoms with Crippen molar-refractivity contribution < 1.29 is 0 Å². The van der Waals surface area contributed by atoms with Gasteiger partial charge in [-0.3, -0.25) is 4.98 Å². The first-order chi connectivity index (χ1) is 14.3. The molecule has 0 spiro atoms. The van der Waals surface area contributed by atoms with Crippen LogP contribution in [-0.2, 0) is 0 Å².